The minimum absolute atomic E-state index is 0.0271. The summed E-state index contributed by atoms with van der Waals surface area (Å²) in [6.45, 7) is 0.0987. The van der Waals surface area contributed by atoms with Gasteiger partial charge in [0.2, 0.25) is 5.91 Å². The van der Waals surface area contributed by atoms with E-state index in [1.165, 1.54) is 54.8 Å². The molecule has 1 amide bonds. The van der Waals surface area contributed by atoms with Crippen molar-refractivity contribution in [3.8, 4) is 5.75 Å². The molecular formula is C24H26ClFN4O4S2. The SMILES string of the molecule is COC(=O)c1c(NC(=O)CSc2nnc(COc3ccc(F)c(Cl)c3)n2C)sc2c1CCCCCC2. The molecule has 1 aliphatic carbocycles. The van der Waals surface area contributed by atoms with Crippen LogP contribution in [0.25, 0.3) is 0 Å². The molecule has 0 fully saturated rings. The first-order valence-corrected chi connectivity index (χ1v) is 13.7. The second kappa shape index (κ2) is 12.1. The molecule has 1 N–H and O–H groups in total. The van der Waals surface area contributed by atoms with Gasteiger partial charge in [-0.25, -0.2) is 9.18 Å². The van der Waals surface area contributed by atoms with Crippen LogP contribution >= 0.6 is 34.7 Å². The molecule has 36 heavy (non-hydrogen) atoms. The van der Waals surface area contributed by atoms with Gasteiger partial charge in [-0.2, -0.15) is 0 Å². The third-order valence-electron chi connectivity index (χ3n) is 5.83. The average Bonchev–Trinajstić information content (AvgIpc) is 3.36. The van der Waals surface area contributed by atoms with Crippen molar-refractivity contribution in [3.63, 3.8) is 0 Å². The third-order valence-corrected chi connectivity index (χ3v) is 8.35. The van der Waals surface area contributed by atoms with Gasteiger partial charge in [-0.3, -0.25) is 4.79 Å². The van der Waals surface area contributed by atoms with Crippen LogP contribution in [0.15, 0.2) is 23.4 Å². The van der Waals surface area contributed by atoms with Crippen molar-refractivity contribution >= 4 is 51.6 Å². The highest BCUT2D eigenvalue weighted by Gasteiger charge is 2.26. The van der Waals surface area contributed by atoms with Gasteiger partial charge in [-0.1, -0.05) is 36.2 Å². The molecule has 4 rings (SSSR count). The summed E-state index contributed by atoms with van der Waals surface area (Å²) >= 11 is 8.47. The lowest BCUT2D eigenvalue weighted by Gasteiger charge is -2.11. The van der Waals surface area contributed by atoms with E-state index in [1.807, 2.05) is 0 Å². The highest BCUT2D eigenvalue weighted by molar-refractivity contribution is 7.99. The number of benzene rings is 1. The summed E-state index contributed by atoms with van der Waals surface area (Å²) in [5.41, 5.74) is 1.49. The number of thiophene rings is 1. The Morgan fingerprint density at radius 3 is 2.75 bits per heavy atom. The Kier molecular flexibility index (Phi) is 8.86. The first kappa shape index (κ1) is 26.4. The smallest absolute Gasteiger partial charge is 0.341 e. The van der Waals surface area contributed by atoms with E-state index in [4.69, 9.17) is 21.1 Å². The zero-order valence-electron chi connectivity index (χ0n) is 19.9. The molecule has 2 heterocycles. The van der Waals surface area contributed by atoms with Crippen LogP contribution in [0.5, 0.6) is 5.75 Å². The molecule has 2 aromatic heterocycles. The first-order chi connectivity index (χ1) is 17.4. The maximum absolute atomic E-state index is 13.3. The zero-order chi connectivity index (χ0) is 25.7. The van der Waals surface area contributed by atoms with Crippen molar-refractivity contribution in [1.82, 2.24) is 14.8 Å². The number of fused-ring (bicyclic) bond motifs is 1. The number of ether oxygens (including phenoxy) is 2. The van der Waals surface area contributed by atoms with Crippen molar-refractivity contribution in [2.24, 2.45) is 7.05 Å². The molecule has 12 heteroatoms. The molecule has 3 aromatic rings. The summed E-state index contributed by atoms with van der Waals surface area (Å²) in [4.78, 5) is 26.5. The molecule has 0 aliphatic heterocycles. The molecule has 1 aromatic carbocycles. The number of hydrogen-bond donors (Lipinski definition) is 1. The Labute approximate surface area is 221 Å². The topological polar surface area (TPSA) is 95.3 Å². The molecule has 192 valence electrons. The van der Waals surface area contributed by atoms with E-state index >= 15 is 0 Å². The fourth-order valence-electron chi connectivity index (χ4n) is 3.93. The number of rotatable bonds is 8. The second-order valence-corrected chi connectivity index (χ2v) is 10.7. The van der Waals surface area contributed by atoms with E-state index in [9.17, 15) is 14.0 Å². The van der Waals surface area contributed by atoms with Crippen LogP contribution in [-0.2, 0) is 36.0 Å². The van der Waals surface area contributed by atoms with Crippen LogP contribution in [0.4, 0.5) is 9.39 Å². The zero-order valence-corrected chi connectivity index (χ0v) is 22.3. The number of halogens is 2. The minimum Gasteiger partial charge on any atom is -0.486 e. The molecule has 0 unspecified atom stereocenters. The number of nitrogens with one attached hydrogen (secondary N) is 1. The number of amides is 1. The van der Waals surface area contributed by atoms with Gasteiger partial charge < -0.3 is 19.4 Å². The number of carbonyl (C=O) groups excluding carboxylic acids is 2. The number of carbonyl (C=O) groups is 2. The number of anilines is 1. The summed E-state index contributed by atoms with van der Waals surface area (Å²) in [5.74, 6) is -0.165. The molecule has 0 bridgehead atoms. The largest absolute Gasteiger partial charge is 0.486 e. The van der Waals surface area contributed by atoms with Crippen molar-refractivity contribution in [1.29, 1.82) is 0 Å². The fraction of sp³-hybridized carbons (Fsp3) is 0.417. The maximum Gasteiger partial charge on any atom is 0.341 e. The van der Waals surface area contributed by atoms with Gasteiger partial charge in [0.15, 0.2) is 11.0 Å². The van der Waals surface area contributed by atoms with Crippen LogP contribution < -0.4 is 10.1 Å². The first-order valence-electron chi connectivity index (χ1n) is 11.5. The van der Waals surface area contributed by atoms with Crippen LogP contribution in [-0.4, -0.2) is 39.5 Å². The number of aromatic nitrogens is 3. The summed E-state index contributed by atoms with van der Waals surface area (Å²) in [5, 5.41) is 12.2. The average molecular weight is 553 g/mol. The van der Waals surface area contributed by atoms with E-state index in [0.29, 0.717) is 27.3 Å². The van der Waals surface area contributed by atoms with Gasteiger partial charge in [0.25, 0.3) is 0 Å². The number of hydrogen-bond acceptors (Lipinski definition) is 8. The predicted molar refractivity (Wildman–Crippen MR) is 138 cm³/mol. The lowest BCUT2D eigenvalue weighted by molar-refractivity contribution is -0.113. The Bertz CT molecular complexity index is 1260. The Balaban J connectivity index is 1.38. The van der Waals surface area contributed by atoms with E-state index in [0.717, 1.165) is 42.5 Å². The number of methoxy groups -OCH3 is 1. The number of nitrogens with zero attached hydrogens (tertiary/aromatic N) is 3. The quantitative estimate of drug-likeness (QED) is 0.294. The van der Waals surface area contributed by atoms with Crippen LogP contribution in [0, 0.1) is 5.82 Å². The lowest BCUT2D eigenvalue weighted by Crippen LogP contribution is -2.16. The summed E-state index contributed by atoms with van der Waals surface area (Å²) in [6, 6.07) is 4.10. The molecule has 0 atom stereocenters. The van der Waals surface area contributed by atoms with Crippen LogP contribution in [0.2, 0.25) is 5.02 Å². The van der Waals surface area contributed by atoms with Gasteiger partial charge in [-0.15, -0.1) is 21.5 Å². The second-order valence-electron chi connectivity index (χ2n) is 8.27. The van der Waals surface area contributed by atoms with Crippen molar-refractivity contribution < 1.29 is 23.5 Å². The van der Waals surface area contributed by atoms with E-state index in [1.54, 1.807) is 11.6 Å². The maximum atomic E-state index is 13.3. The molecular weight excluding hydrogens is 527 g/mol. The standard InChI is InChI=1S/C24H26ClFN4O4S2/c1-30-19(12-34-14-9-10-17(26)16(25)11-14)28-29-24(30)35-13-20(31)27-22-21(23(32)33-2)15-7-5-3-4-6-8-18(15)36-22/h9-11H,3-8,12-13H2,1-2H3,(H,27,31). The molecule has 1 aliphatic rings. The van der Waals surface area contributed by atoms with Gasteiger partial charge in [-0.05, 0) is 43.4 Å². The third kappa shape index (κ3) is 6.19. The van der Waals surface area contributed by atoms with E-state index in [2.05, 4.69) is 15.5 Å². The van der Waals surface area contributed by atoms with E-state index in [-0.39, 0.29) is 23.3 Å². The predicted octanol–water partition coefficient (Wildman–Crippen LogP) is 5.42. The molecule has 0 saturated heterocycles. The summed E-state index contributed by atoms with van der Waals surface area (Å²) < 4.78 is 25.7. The number of esters is 1. The number of thioether (sulfide) groups is 1. The van der Waals surface area contributed by atoms with Gasteiger partial charge in [0.1, 0.15) is 23.2 Å². The molecule has 8 nitrogen and oxygen atoms in total. The Hall–Kier alpha value is -2.63. The highest BCUT2D eigenvalue weighted by atomic mass is 35.5. The monoisotopic (exact) mass is 552 g/mol. The van der Waals surface area contributed by atoms with Crippen molar-refractivity contribution in [3.05, 3.63) is 50.9 Å². The van der Waals surface area contributed by atoms with Gasteiger partial charge in [0, 0.05) is 18.0 Å². The molecule has 0 saturated carbocycles. The minimum atomic E-state index is -0.521. The van der Waals surface area contributed by atoms with E-state index < -0.39 is 11.8 Å². The fourth-order valence-corrected chi connectivity index (χ4v) is 6.12. The molecule has 0 spiro atoms. The molecule has 0 radical (unpaired) electrons. The highest BCUT2D eigenvalue weighted by Crippen LogP contribution is 2.37. The normalized spacial score (nSPS) is 13.4. The van der Waals surface area contributed by atoms with Crippen LogP contribution in [0.3, 0.4) is 0 Å². The number of aryl methyl sites for hydroxylation is 1. The Morgan fingerprint density at radius 1 is 1.22 bits per heavy atom. The van der Waals surface area contributed by atoms with Crippen LogP contribution in [0.1, 0.15) is 52.3 Å². The van der Waals surface area contributed by atoms with Crippen molar-refractivity contribution in [2.75, 3.05) is 18.2 Å². The summed E-state index contributed by atoms with van der Waals surface area (Å²) in [6.07, 6.45) is 6.12. The summed E-state index contributed by atoms with van der Waals surface area (Å²) in [7, 11) is 3.13. The van der Waals surface area contributed by atoms with Crippen molar-refractivity contribution in [2.45, 2.75) is 50.3 Å². The van der Waals surface area contributed by atoms with Gasteiger partial charge >= 0.3 is 5.97 Å². The Morgan fingerprint density at radius 2 is 2.00 bits per heavy atom. The van der Waals surface area contributed by atoms with Gasteiger partial charge in [0.05, 0.1) is 23.4 Å². The lowest BCUT2D eigenvalue weighted by atomic mass is 9.96.